The van der Waals surface area contributed by atoms with Crippen LogP contribution in [0.5, 0.6) is 0 Å². The van der Waals surface area contributed by atoms with Crippen LogP contribution >= 0.6 is 0 Å². The first-order valence-corrected chi connectivity index (χ1v) is 8.55. The van der Waals surface area contributed by atoms with E-state index in [1.165, 1.54) is 12.8 Å². The lowest BCUT2D eigenvalue weighted by atomic mass is 10.1. The number of aryl methyl sites for hydroxylation is 1. The number of hydrogen-bond acceptors (Lipinski definition) is 3. The summed E-state index contributed by atoms with van der Waals surface area (Å²) in [4.78, 5) is 15.1. The Hall–Kier alpha value is -1.88. The Kier molecular flexibility index (Phi) is 3.81. The predicted octanol–water partition coefficient (Wildman–Crippen LogP) is 2.67. The molecular formula is C18H23N3O2. The van der Waals surface area contributed by atoms with Gasteiger partial charge in [0.25, 0.3) is 5.91 Å². The van der Waals surface area contributed by atoms with Gasteiger partial charge >= 0.3 is 0 Å². The average molecular weight is 313 g/mol. The quantitative estimate of drug-likeness (QED) is 0.852. The number of fused-ring (bicyclic) bond motifs is 1. The third-order valence-electron chi connectivity index (χ3n) is 4.81. The van der Waals surface area contributed by atoms with Gasteiger partial charge in [-0.25, -0.2) is 4.52 Å². The standard InChI is InChI=1S/C18H23N3O2/c1-13-4-7-17-16(9-19-21(17)10-13)18(22)20(11-14-5-6-14)12-15-3-2-8-23-15/h4,7,9-10,14-15H,2-3,5-6,8,11-12H2,1H3. The maximum Gasteiger partial charge on any atom is 0.257 e. The average Bonchev–Trinajstić information content (AvgIpc) is 3.04. The molecule has 4 rings (SSSR count). The zero-order chi connectivity index (χ0) is 15.8. The number of ether oxygens (including phenoxy) is 1. The van der Waals surface area contributed by atoms with Gasteiger partial charge in [-0.1, -0.05) is 6.07 Å². The number of nitrogens with zero attached hydrogens (tertiary/aromatic N) is 3. The first-order chi connectivity index (χ1) is 11.2. The molecular weight excluding hydrogens is 290 g/mol. The number of rotatable bonds is 5. The van der Waals surface area contributed by atoms with Crippen LogP contribution in [0.3, 0.4) is 0 Å². The molecule has 0 aromatic carbocycles. The van der Waals surface area contributed by atoms with Crippen molar-refractivity contribution in [1.82, 2.24) is 14.5 Å². The molecule has 23 heavy (non-hydrogen) atoms. The molecule has 1 saturated carbocycles. The predicted molar refractivity (Wildman–Crippen MR) is 87.5 cm³/mol. The fourth-order valence-electron chi connectivity index (χ4n) is 3.31. The third kappa shape index (κ3) is 3.11. The number of amides is 1. The van der Waals surface area contributed by atoms with Gasteiger partial charge in [0, 0.05) is 25.9 Å². The highest BCUT2D eigenvalue weighted by Crippen LogP contribution is 2.31. The van der Waals surface area contributed by atoms with Crippen LogP contribution in [0.15, 0.2) is 24.5 Å². The SMILES string of the molecule is Cc1ccc2c(C(=O)N(CC3CC3)CC3CCCO3)cnn2c1. The number of pyridine rings is 1. The van der Waals surface area contributed by atoms with Gasteiger partial charge in [-0.05, 0) is 50.2 Å². The summed E-state index contributed by atoms with van der Waals surface area (Å²) in [7, 11) is 0. The molecule has 5 heteroatoms. The van der Waals surface area contributed by atoms with Crippen LogP contribution in [0.25, 0.3) is 5.52 Å². The second kappa shape index (κ2) is 5.96. The van der Waals surface area contributed by atoms with Crippen molar-refractivity contribution in [3.63, 3.8) is 0 Å². The Morgan fingerprint density at radius 3 is 2.96 bits per heavy atom. The summed E-state index contributed by atoms with van der Waals surface area (Å²) in [5, 5.41) is 4.35. The van der Waals surface area contributed by atoms with E-state index >= 15 is 0 Å². The van der Waals surface area contributed by atoms with Crippen molar-refractivity contribution in [2.75, 3.05) is 19.7 Å². The highest BCUT2D eigenvalue weighted by Gasteiger charge is 2.31. The minimum absolute atomic E-state index is 0.0891. The molecule has 0 radical (unpaired) electrons. The van der Waals surface area contributed by atoms with Gasteiger partial charge < -0.3 is 9.64 Å². The van der Waals surface area contributed by atoms with Crippen molar-refractivity contribution >= 4 is 11.4 Å². The van der Waals surface area contributed by atoms with Crippen molar-refractivity contribution in [3.05, 3.63) is 35.7 Å². The first kappa shape index (κ1) is 14.7. The van der Waals surface area contributed by atoms with Crippen LogP contribution in [0.4, 0.5) is 0 Å². The van der Waals surface area contributed by atoms with E-state index in [1.807, 2.05) is 30.2 Å². The van der Waals surface area contributed by atoms with E-state index in [0.717, 1.165) is 37.1 Å². The van der Waals surface area contributed by atoms with Gasteiger partial charge in [0.15, 0.2) is 0 Å². The lowest BCUT2D eigenvalue weighted by Gasteiger charge is -2.25. The van der Waals surface area contributed by atoms with E-state index in [0.29, 0.717) is 18.0 Å². The van der Waals surface area contributed by atoms with Crippen molar-refractivity contribution in [3.8, 4) is 0 Å². The van der Waals surface area contributed by atoms with Crippen molar-refractivity contribution in [2.24, 2.45) is 5.92 Å². The molecule has 1 atom stereocenters. The van der Waals surface area contributed by atoms with Crippen LogP contribution in [0.2, 0.25) is 0 Å². The van der Waals surface area contributed by atoms with Gasteiger partial charge in [-0.3, -0.25) is 4.79 Å². The molecule has 1 saturated heterocycles. The van der Waals surface area contributed by atoms with E-state index in [2.05, 4.69) is 5.10 Å². The molecule has 1 aliphatic heterocycles. The lowest BCUT2D eigenvalue weighted by molar-refractivity contribution is 0.0516. The summed E-state index contributed by atoms with van der Waals surface area (Å²) in [5.41, 5.74) is 2.71. The van der Waals surface area contributed by atoms with Crippen LogP contribution < -0.4 is 0 Å². The Morgan fingerprint density at radius 1 is 1.35 bits per heavy atom. The topological polar surface area (TPSA) is 46.8 Å². The molecule has 0 bridgehead atoms. The minimum Gasteiger partial charge on any atom is -0.376 e. The maximum atomic E-state index is 13.1. The highest BCUT2D eigenvalue weighted by molar-refractivity contribution is 6.00. The molecule has 3 heterocycles. The van der Waals surface area contributed by atoms with E-state index < -0.39 is 0 Å². The molecule has 2 aromatic heterocycles. The highest BCUT2D eigenvalue weighted by atomic mass is 16.5. The van der Waals surface area contributed by atoms with Gasteiger partial charge in [0.2, 0.25) is 0 Å². The zero-order valence-corrected chi connectivity index (χ0v) is 13.6. The maximum absolute atomic E-state index is 13.1. The second-order valence-electron chi connectivity index (χ2n) is 6.88. The summed E-state index contributed by atoms with van der Waals surface area (Å²) in [5.74, 6) is 0.760. The molecule has 2 aliphatic rings. The molecule has 2 aromatic rings. The van der Waals surface area contributed by atoms with E-state index in [-0.39, 0.29) is 12.0 Å². The van der Waals surface area contributed by atoms with E-state index in [1.54, 1.807) is 10.7 Å². The number of aromatic nitrogens is 2. The number of hydrogen-bond donors (Lipinski definition) is 0. The second-order valence-corrected chi connectivity index (χ2v) is 6.88. The van der Waals surface area contributed by atoms with Gasteiger partial charge in [0.05, 0.1) is 23.4 Å². The largest absolute Gasteiger partial charge is 0.376 e. The van der Waals surface area contributed by atoms with E-state index in [9.17, 15) is 4.79 Å². The fraction of sp³-hybridized carbons (Fsp3) is 0.556. The monoisotopic (exact) mass is 313 g/mol. The van der Waals surface area contributed by atoms with Crippen LogP contribution in [0, 0.1) is 12.8 Å². The summed E-state index contributed by atoms with van der Waals surface area (Å²) >= 11 is 0. The Bertz CT molecular complexity index is 714. The van der Waals surface area contributed by atoms with Gasteiger partial charge in [0.1, 0.15) is 0 Å². The lowest BCUT2D eigenvalue weighted by Crippen LogP contribution is -2.38. The van der Waals surface area contributed by atoms with Crippen molar-refractivity contribution < 1.29 is 9.53 Å². The van der Waals surface area contributed by atoms with Gasteiger partial charge in [-0.2, -0.15) is 5.10 Å². The van der Waals surface area contributed by atoms with Gasteiger partial charge in [-0.15, -0.1) is 0 Å². The normalized spacial score (nSPS) is 21.0. The third-order valence-corrected chi connectivity index (χ3v) is 4.81. The number of carbonyl (C=O) groups is 1. The van der Waals surface area contributed by atoms with Crippen molar-refractivity contribution in [1.29, 1.82) is 0 Å². The van der Waals surface area contributed by atoms with Crippen LogP contribution in [-0.2, 0) is 4.74 Å². The van der Waals surface area contributed by atoms with E-state index in [4.69, 9.17) is 4.74 Å². The summed E-state index contributed by atoms with van der Waals surface area (Å²) in [6, 6.07) is 4.01. The van der Waals surface area contributed by atoms with Crippen LogP contribution in [-0.4, -0.2) is 46.2 Å². The summed E-state index contributed by atoms with van der Waals surface area (Å²) in [6.07, 6.45) is 8.49. The fourth-order valence-corrected chi connectivity index (χ4v) is 3.31. The van der Waals surface area contributed by atoms with Crippen molar-refractivity contribution in [2.45, 2.75) is 38.7 Å². The minimum atomic E-state index is 0.0891. The summed E-state index contributed by atoms with van der Waals surface area (Å²) < 4.78 is 7.54. The Labute approximate surface area is 136 Å². The molecule has 1 aliphatic carbocycles. The Balaban J connectivity index is 1.59. The molecule has 5 nitrogen and oxygen atoms in total. The molecule has 1 unspecified atom stereocenters. The molecule has 1 amide bonds. The molecule has 2 fully saturated rings. The Morgan fingerprint density at radius 2 is 2.22 bits per heavy atom. The number of carbonyl (C=O) groups excluding carboxylic acids is 1. The zero-order valence-electron chi connectivity index (χ0n) is 13.6. The molecule has 0 spiro atoms. The molecule has 122 valence electrons. The molecule has 0 N–H and O–H groups in total. The smallest absolute Gasteiger partial charge is 0.257 e. The van der Waals surface area contributed by atoms with Crippen LogP contribution in [0.1, 0.15) is 41.6 Å². The first-order valence-electron chi connectivity index (χ1n) is 8.55. The summed E-state index contributed by atoms with van der Waals surface area (Å²) in [6.45, 7) is 4.41.